The van der Waals surface area contributed by atoms with Crippen LogP contribution in [0.5, 0.6) is 0 Å². The third kappa shape index (κ3) is 3.53. The van der Waals surface area contributed by atoms with Gasteiger partial charge in [0.2, 0.25) is 5.91 Å². The molecule has 24 heavy (non-hydrogen) atoms. The zero-order valence-corrected chi connectivity index (χ0v) is 13.1. The zero-order chi connectivity index (χ0) is 17.1. The highest BCUT2D eigenvalue weighted by molar-refractivity contribution is 8.14. The lowest BCUT2D eigenvalue weighted by Gasteiger charge is -2.21. The second-order valence-electron chi connectivity index (χ2n) is 5.20. The predicted molar refractivity (Wildman–Crippen MR) is 85.4 cm³/mol. The van der Waals surface area contributed by atoms with E-state index in [2.05, 4.69) is 15.6 Å². The van der Waals surface area contributed by atoms with E-state index in [1.165, 1.54) is 12.3 Å². The molecule has 0 aliphatic carbocycles. The molecule has 2 N–H and O–H groups in total. The van der Waals surface area contributed by atoms with Crippen molar-refractivity contribution in [1.82, 2.24) is 15.6 Å². The second-order valence-corrected chi connectivity index (χ2v) is 6.19. The molecule has 5 nitrogen and oxygen atoms in total. The first kappa shape index (κ1) is 16.4. The Balaban J connectivity index is 1.89. The van der Waals surface area contributed by atoms with E-state index >= 15 is 0 Å². The largest absolute Gasteiger partial charge is 0.343 e. The van der Waals surface area contributed by atoms with Crippen molar-refractivity contribution in [3.8, 4) is 0 Å². The predicted octanol–water partition coefficient (Wildman–Crippen LogP) is 2.39. The van der Waals surface area contributed by atoms with Gasteiger partial charge in [-0.3, -0.25) is 14.6 Å². The minimum absolute atomic E-state index is 0.263. The second kappa shape index (κ2) is 6.96. The van der Waals surface area contributed by atoms with E-state index in [0.717, 1.165) is 23.9 Å². The number of benzene rings is 1. The number of pyridine rings is 1. The maximum Gasteiger partial charge on any atom is 0.279 e. The molecule has 2 aromatic rings. The molecule has 1 aromatic carbocycles. The van der Waals surface area contributed by atoms with Crippen molar-refractivity contribution in [3.05, 3.63) is 65.5 Å². The summed E-state index contributed by atoms with van der Waals surface area (Å²) in [5.74, 6) is -2.04. The summed E-state index contributed by atoms with van der Waals surface area (Å²) in [7, 11) is 0. The lowest BCUT2D eigenvalue weighted by Crippen LogP contribution is -2.44. The van der Waals surface area contributed by atoms with E-state index in [1.54, 1.807) is 18.3 Å². The molecule has 0 saturated carbocycles. The van der Waals surface area contributed by atoms with Gasteiger partial charge in [0.05, 0.1) is 6.04 Å². The Hall–Kier alpha value is -2.48. The number of aromatic nitrogens is 1. The number of halogens is 2. The minimum atomic E-state index is -1.000. The van der Waals surface area contributed by atoms with Crippen molar-refractivity contribution in [1.29, 1.82) is 0 Å². The van der Waals surface area contributed by atoms with Gasteiger partial charge in [0.15, 0.2) is 11.6 Å². The number of nitrogens with zero attached hydrogens (tertiary/aromatic N) is 1. The lowest BCUT2D eigenvalue weighted by atomic mass is 9.99. The SMILES string of the molecule is O=C1NC(C(=O)NC(c2cccnc2)c2ccc(F)c(F)c2)CS1. The van der Waals surface area contributed by atoms with Crippen molar-refractivity contribution in [2.24, 2.45) is 0 Å². The monoisotopic (exact) mass is 349 g/mol. The Bertz CT molecular complexity index is 773. The van der Waals surface area contributed by atoms with Crippen LogP contribution in [0.3, 0.4) is 0 Å². The quantitative estimate of drug-likeness (QED) is 0.889. The maximum absolute atomic E-state index is 13.6. The van der Waals surface area contributed by atoms with Crippen molar-refractivity contribution in [2.45, 2.75) is 12.1 Å². The molecule has 3 rings (SSSR count). The Kier molecular flexibility index (Phi) is 4.75. The van der Waals surface area contributed by atoms with Gasteiger partial charge < -0.3 is 10.6 Å². The number of carbonyl (C=O) groups excluding carboxylic acids is 2. The summed E-state index contributed by atoms with van der Waals surface area (Å²) in [5, 5.41) is 5.04. The summed E-state index contributed by atoms with van der Waals surface area (Å²) in [4.78, 5) is 27.6. The van der Waals surface area contributed by atoms with Crippen LogP contribution in [-0.2, 0) is 4.79 Å². The number of thioether (sulfide) groups is 1. The summed E-state index contributed by atoms with van der Waals surface area (Å²) < 4.78 is 26.8. The molecule has 0 bridgehead atoms. The van der Waals surface area contributed by atoms with E-state index in [4.69, 9.17) is 0 Å². The Morgan fingerprint density at radius 2 is 2.12 bits per heavy atom. The fourth-order valence-corrected chi connectivity index (χ4v) is 3.14. The van der Waals surface area contributed by atoms with Gasteiger partial charge in [-0.1, -0.05) is 23.9 Å². The number of hydrogen-bond donors (Lipinski definition) is 2. The summed E-state index contributed by atoms with van der Waals surface area (Å²) in [6.07, 6.45) is 3.11. The molecular weight excluding hydrogens is 336 g/mol. The molecule has 1 aromatic heterocycles. The van der Waals surface area contributed by atoms with Crippen LogP contribution in [0, 0.1) is 11.6 Å². The summed E-state index contributed by atoms with van der Waals surface area (Å²) >= 11 is 1.02. The highest BCUT2D eigenvalue weighted by Gasteiger charge is 2.30. The molecule has 2 heterocycles. The van der Waals surface area contributed by atoms with Gasteiger partial charge >= 0.3 is 0 Å². The third-order valence-electron chi connectivity index (χ3n) is 3.57. The first-order chi connectivity index (χ1) is 11.5. The molecule has 1 fully saturated rings. The molecule has 124 valence electrons. The van der Waals surface area contributed by atoms with Crippen molar-refractivity contribution < 1.29 is 18.4 Å². The standard InChI is InChI=1S/C16H13F2N3O2S/c17-11-4-3-9(6-12(11)18)14(10-2-1-5-19-7-10)21-15(22)13-8-24-16(23)20-13/h1-7,13-14H,8H2,(H,20,23)(H,21,22). The summed E-state index contributed by atoms with van der Waals surface area (Å²) in [5.41, 5.74) is 1.00. The molecular formula is C16H13F2N3O2S. The van der Waals surface area contributed by atoms with Crippen LogP contribution in [0.25, 0.3) is 0 Å². The number of hydrogen-bond acceptors (Lipinski definition) is 4. The van der Waals surface area contributed by atoms with Crippen LogP contribution in [0.1, 0.15) is 17.2 Å². The van der Waals surface area contributed by atoms with Crippen LogP contribution < -0.4 is 10.6 Å². The normalized spacial score (nSPS) is 18.1. The first-order valence-corrected chi connectivity index (χ1v) is 8.11. The van der Waals surface area contributed by atoms with Crippen LogP contribution in [0.15, 0.2) is 42.7 Å². The summed E-state index contributed by atoms with van der Waals surface area (Å²) in [6.45, 7) is 0. The number of carbonyl (C=O) groups is 2. The van der Waals surface area contributed by atoms with Crippen molar-refractivity contribution >= 4 is 22.9 Å². The van der Waals surface area contributed by atoms with Gasteiger partial charge in [-0.2, -0.15) is 0 Å². The van der Waals surface area contributed by atoms with Gasteiger partial charge in [0.1, 0.15) is 6.04 Å². The van der Waals surface area contributed by atoms with Crippen molar-refractivity contribution in [2.75, 3.05) is 5.75 Å². The topological polar surface area (TPSA) is 71.1 Å². The number of rotatable bonds is 4. The van der Waals surface area contributed by atoms with Gasteiger partial charge in [-0.25, -0.2) is 8.78 Å². The molecule has 8 heteroatoms. The van der Waals surface area contributed by atoms with E-state index in [1.807, 2.05) is 0 Å². The van der Waals surface area contributed by atoms with E-state index in [9.17, 15) is 18.4 Å². The molecule has 2 atom stereocenters. The van der Waals surface area contributed by atoms with E-state index in [-0.39, 0.29) is 5.24 Å². The van der Waals surface area contributed by atoms with Crippen LogP contribution in [-0.4, -0.2) is 27.9 Å². The molecule has 2 unspecified atom stereocenters. The van der Waals surface area contributed by atoms with Gasteiger partial charge in [-0.15, -0.1) is 0 Å². The highest BCUT2D eigenvalue weighted by Crippen LogP contribution is 2.24. The smallest absolute Gasteiger partial charge is 0.279 e. The maximum atomic E-state index is 13.6. The molecule has 1 saturated heterocycles. The average Bonchev–Trinajstić information content (AvgIpc) is 3.02. The van der Waals surface area contributed by atoms with E-state index < -0.39 is 29.6 Å². The zero-order valence-electron chi connectivity index (χ0n) is 12.3. The fourth-order valence-electron chi connectivity index (χ4n) is 2.37. The third-order valence-corrected chi connectivity index (χ3v) is 4.45. The first-order valence-electron chi connectivity index (χ1n) is 7.13. The highest BCUT2D eigenvalue weighted by atomic mass is 32.2. The number of nitrogens with one attached hydrogen (secondary N) is 2. The Morgan fingerprint density at radius 3 is 2.75 bits per heavy atom. The van der Waals surface area contributed by atoms with Crippen LogP contribution >= 0.6 is 11.8 Å². The van der Waals surface area contributed by atoms with Crippen molar-refractivity contribution in [3.63, 3.8) is 0 Å². The molecule has 1 aliphatic heterocycles. The molecule has 0 spiro atoms. The van der Waals surface area contributed by atoms with Gasteiger partial charge in [0.25, 0.3) is 5.24 Å². The Labute approximate surface area is 140 Å². The van der Waals surface area contributed by atoms with Crippen LogP contribution in [0.2, 0.25) is 0 Å². The summed E-state index contributed by atoms with van der Waals surface area (Å²) in [6, 6.07) is 5.49. The fraction of sp³-hybridized carbons (Fsp3) is 0.188. The molecule has 2 amide bonds. The molecule has 1 aliphatic rings. The Morgan fingerprint density at radius 1 is 1.29 bits per heavy atom. The van der Waals surface area contributed by atoms with Gasteiger partial charge in [-0.05, 0) is 29.3 Å². The number of amides is 2. The lowest BCUT2D eigenvalue weighted by molar-refractivity contribution is -0.122. The average molecular weight is 349 g/mol. The molecule has 0 radical (unpaired) electrons. The minimum Gasteiger partial charge on any atom is -0.343 e. The van der Waals surface area contributed by atoms with E-state index in [0.29, 0.717) is 16.9 Å². The van der Waals surface area contributed by atoms with Gasteiger partial charge in [0, 0.05) is 18.1 Å². The van der Waals surface area contributed by atoms with Crippen LogP contribution in [0.4, 0.5) is 13.6 Å².